The standard InChI is InChI=1S/C15H22N4O2/c1-17-15(20)13-9-21-6-5-19(13)14-11(8-16)7-10-3-2-4-12(10)18-14/h7,13H,2-6,8-9,16H2,1H3,(H,17,20). The third-order valence-corrected chi connectivity index (χ3v) is 4.28. The van der Waals surface area contributed by atoms with Crippen LogP contribution < -0.4 is 16.0 Å². The fraction of sp³-hybridized carbons (Fsp3) is 0.600. The van der Waals surface area contributed by atoms with Crippen molar-refractivity contribution in [2.24, 2.45) is 5.73 Å². The average Bonchev–Trinajstić information content (AvgIpc) is 3.00. The van der Waals surface area contributed by atoms with Crippen LogP contribution in [0.15, 0.2) is 6.07 Å². The molecular formula is C15H22N4O2. The zero-order valence-corrected chi connectivity index (χ0v) is 12.4. The van der Waals surface area contributed by atoms with Gasteiger partial charge in [-0.3, -0.25) is 4.79 Å². The molecule has 114 valence electrons. The molecule has 0 saturated carbocycles. The Labute approximate surface area is 124 Å². The van der Waals surface area contributed by atoms with Gasteiger partial charge >= 0.3 is 0 Å². The summed E-state index contributed by atoms with van der Waals surface area (Å²) in [4.78, 5) is 19.0. The van der Waals surface area contributed by atoms with E-state index in [1.165, 1.54) is 5.56 Å². The third-order valence-electron chi connectivity index (χ3n) is 4.28. The first-order chi connectivity index (χ1) is 10.2. The van der Waals surface area contributed by atoms with Crippen LogP contribution in [0.1, 0.15) is 23.2 Å². The van der Waals surface area contributed by atoms with E-state index in [0.717, 1.165) is 36.3 Å². The summed E-state index contributed by atoms with van der Waals surface area (Å²) in [6, 6.07) is 1.84. The first-order valence-electron chi connectivity index (χ1n) is 7.52. The van der Waals surface area contributed by atoms with Gasteiger partial charge in [-0.05, 0) is 30.9 Å². The van der Waals surface area contributed by atoms with Crippen LogP contribution in [0.25, 0.3) is 0 Å². The number of carbonyl (C=O) groups is 1. The summed E-state index contributed by atoms with van der Waals surface area (Å²) in [6.07, 6.45) is 3.25. The van der Waals surface area contributed by atoms with Crippen LogP contribution in [-0.2, 0) is 28.9 Å². The number of nitrogens with two attached hydrogens (primary N) is 1. The van der Waals surface area contributed by atoms with E-state index in [0.29, 0.717) is 26.3 Å². The summed E-state index contributed by atoms with van der Waals surface area (Å²) in [6.45, 7) is 2.10. The second-order valence-corrected chi connectivity index (χ2v) is 5.53. The highest BCUT2D eigenvalue weighted by Crippen LogP contribution is 2.29. The van der Waals surface area contributed by atoms with Crippen molar-refractivity contribution >= 4 is 11.7 Å². The number of ether oxygens (including phenoxy) is 1. The van der Waals surface area contributed by atoms with Crippen molar-refractivity contribution in [1.82, 2.24) is 10.3 Å². The zero-order valence-electron chi connectivity index (χ0n) is 12.4. The number of anilines is 1. The van der Waals surface area contributed by atoms with Crippen LogP contribution in [0.4, 0.5) is 5.82 Å². The Morgan fingerprint density at radius 3 is 3.19 bits per heavy atom. The molecule has 2 heterocycles. The Balaban J connectivity index is 1.99. The monoisotopic (exact) mass is 290 g/mol. The van der Waals surface area contributed by atoms with Crippen molar-refractivity contribution in [2.75, 3.05) is 31.7 Å². The van der Waals surface area contributed by atoms with E-state index < -0.39 is 0 Å². The molecule has 1 atom stereocenters. The number of morpholine rings is 1. The van der Waals surface area contributed by atoms with E-state index in [2.05, 4.69) is 11.4 Å². The molecule has 0 aromatic carbocycles. The number of rotatable bonds is 3. The first-order valence-corrected chi connectivity index (χ1v) is 7.52. The van der Waals surface area contributed by atoms with E-state index in [4.69, 9.17) is 15.5 Å². The van der Waals surface area contributed by atoms with Crippen LogP contribution in [0.2, 0.25) is 0 Å². The van der Waals surface area contributed by atoms with Gasteiger partial charge in [0, 0.05) is 31.4 Å². The summed E-state index contributed by atoms with van der Waals surface area (Å²) >= 11 is 0. The number of aryl methyl sites for hydroxylation is 2. The minimum atomic E-state index is -0.332. The fourth-order valence-electron chi connectivity index (χ4n) is 3.15. The largest absolute Gasteiger partial charge is 0.377 e. The molecule has 1 amide bonds. The maximum atomic E-state index is 12.1. The molecule has 1 saturated heterocycles. The molecule has 1 aliphatic heterocycles. The van der Waals surface area contributed by atoms with Gasteiger partial charge in [0.1, 0.15) is 11.9 Å². The van der Waals surface area contributed by atoms with Crippen LogP contribution >= 0.6 is 0 Å². The number of nitrogens with zero attached hydrogens (tertiary/aromatic N) is 2. The van der Waals surface area contributed by atoms with Crippen LogP contribution in [0.5, 0.6) is 0 Å². The predicted octanol–water partition coefficient (Wildman–Crippen LogP) is -0.0198. The maximum absolute atomic E-state index is 12.1. The number of hydrogen-bond acceptors (Lipinski definition) is 5. The van der Waals surface area contributed by atoms with Crippen LogP contribution in [0, 0.1) is 0 Å². The normalized spacial score (nSPS) is 21.2. The minimum Gasteiger partial charge on any atom is -0.377 e. The molecule has 1 fully saturated rings. The summed E-state index contributed by atoms with van der Waals surface area (Å²) in [5.74, 6) is 0.815. The molecular weight excluding hydrogens is 268 g/mol. The Kier molecular flexibility index (Phi) is 4.07. The highest BCUT2D eigenvalue weighted by molar-refractivity contribution is 5.85. The highest BCUT2D eigenvalue weighted by Gasteiger charge is 2.31. The van der Waals surface area contributed by atoms with Gasteiger partial charge in [0.15, 0.2) is 0 Å². The van der Waals surface area contributed by atoms with Crippen molar-refractivity contribution in [2.45, 2.75) is 31.8 Å². The summed E-state index contributed by atoms with van der Waals surface area (Å²) in [7, 11) is 1.65. The summed E-state index contributed by atoms with van der Waals surface area (Å²) in [5.41, 5.74) is 9.39. The molecule has 3 N–H and O–H groups in total. The fourth-order valence-corrected chi connectivity index (χ4v) is 3.15. The van der Waals surface area contributed by atoms with Crippen LogP contribution in [-0.4, -0.2) is 43.7 Å². The van der Waals surface area contributed by atoms with Gasteiger partial charge in [-0.25, -0.2) is 4.98 Å². The molecule has 21 heavy (non-hydrogen) atoms. The van der Waals surface area contributed by atoms with E-state index in [1.807, 2.05) is 4.90 Å². The Morgan fingerprint density at radius 1 is 1.57 bits per heavy atom. The maximum Gasteiger partial charge on any atom is 0.244 e. The van der Waals surface area contributed by atoms with Gasteiger partial charge in [-0.1, -0.05) is 0 Å². The predicted molar refractivity (Wildman–Crippen MR) is 80.2 cm³/mol. The number of nitrogens with one attached hydrogen (secondary N) is 1. The SMILES string of the molecule is CNC(=O)C1COCCN1c1nc2c(cc1CN)CCC2. The Hall–Kier alpha value is -1.66. The van der Waals surface area contributed by atoms with E-state index in [-0.39, 0.29) is 11.9 Å². The van der Waals surface area contributed by atoms with Crippen molar-refractivity contribution in [3.63, 3.8) is 0 Å². The molecule has 0 bridgehead atoms. The summed E-state index contributed by atoms with van der Waals surface area (Å²) < 4.78 is 5.46. The van der Waals surface area contributed by atoms with E-state index in [9.17, 15) is 4.79 Å². The Morgan fingerprint density at radius 2 is 2.43 bits per heavy atom. The lowest BCUT2D eigenvalue weighted by Gasteiger charge is -2.36. The number of amides is 1. The molecule has 2 aliphatic rings. The minimum absolute atomic E-state index is 0.0417. The van der Waals surface area contributed by atoms with Gasteiger partial charge in [0.2, 0.25) is 5.91 Å². The van der Waals surface area contributed by atoms with Crippen LogP contribution in [0.3, 0.4) is 0 Å². The number of pyridine rings is 1. The molecule has 0 spiro atoms. The van der Waals surface area contributed by atoms with Crippen molar-refractivity contribution in [3.8, 4) is 0 Å². The van der Waals surface area contributed by atoms with Crippen molar-refractivity contribution in [1.29, 1.82) is 0 Å². The van der Waals surface area contributed by atoms with Gasteiger partial charge < -0.3 is 20.7 Å². The number of fused-ring (bicyclic) bond motifs is 1. The lowest BCUT2D eigenvalue weighted by molar-refractivity contribution is -0.124. The lowest BCUT2D eigenvalue weighted by atomic mass is 10.1. The van der Waals surface area contributed by atoms with Gasteiger partial charge in [0.25, 0.3) is 0 Å². The second-order valence-electron chi connectivity index (χ2n) is 5.53. The molecule has 1 aromatic rings. The molecule has 3 rings (SSSR count). The lowest BCUT2D eigenvalue weighted by Crippen LogP contribution is -2.54. The number of likely N-dealkylation sites (N-methyl/N-ethyl adjacent to an activating group) is 1. The molecule has 0 radical (unpaired) electrons. The van der Waals surface area contributed by atoms with E-state index >= 15 is 0 Å². The smallest absolute Gasteiger partial charge is 0.244 e. The van der Waals surface area contributed by atoms with Gasteiger partial charge in [-0.2, -0.15) is 0 Å². The number of hydrogen-bond donors (Lipinski definition) is 2. The molecule has 6 nitrogen and oxygen atoms in total. The molecule has 1 aromatic heterocycles. The zero-order chi connectivity index (χ0) is 14.8. The quantitative estimate of drug-likeness (QED) is 0.818. The second kappa shape index (κ2) is 5.99. The molecule has 1 unspecified atom stereocenters. The first kappa shape index (κ1) is 14.3. The van der Waals surface area contributed by atoms with Gasteiger partial charge in [0.05, 0.1) is 13.2 Å². The van der Waals surface area contributed by atoms with Gasteiger partial charge in [-0.15, -0.1) is 0 Å². The highest BCUT2D eigenvalue weighted by atomic mass is 16.5. The summed E-state index contributed by atoms with van der Waals surface area (Å²) in [5, 5.41) is 2.70. The topological polar surface area (TPSA) is 80.5 Å². The number of carbonyl (C=O) groups excluding carboxylic acids is 1. The Bertz CT molecular complexity index is 547. The molecule has 6 heteroatoms. The van der Waals surface area contributed by atoms with E-state index in [1.54, 1.807) is 7.05 Å². The molecule has 1 aliphatic carbocycles. The average molecular weight is 290 g/mol. The van der Waals surface area contributed by atoms with Crippen molar-refractivity contribution < 1.29 is 9.53 Å². The third kappa shape index (κ3) is 2.61. The van der Waals surface area contributed by atoms with Crippen molar-refractivity contribution in [3.05, 3.63) is 22.9 Å². The number of aromatic nitrogens is 1.